The van der Waals surface area contributed by atoms with Gasteiger partial charge in [-0.1, -0.05) is 29.5 Å². The van der Waals surface area contributed by atoms with Crippen LogP contribution in [0.4, 0.5) is 5.69 Å². The van der Waals surface area contributed by atoms with Gasteiger partial charge in [0.05, 0.1) is 12.1 Å². The van der Waals surface area contributed by atoms with Crippen molar-refractivity contribution in [2.75, 3.05) is 11.2 Å². The van der Waals surface area contributed by atoms with Gasteiger partial charge in [0.1, 0.15) is 10.8 Å². The van der Waals surface area contributed by atoms with Gasteiger partial charge >= 0.3 is 0 Å². The molecule has 130 valence electrons. The van der Waals surface area contributed by atoms with E-state index in [9.17, 15) is 4.79 Å². The van der Waals surface area contributed by atoms with Crippen LogP contribution in [0.1, 0.15) is 22.1 Å². The highest BCUT2D eigenvalue weighted by atomic mass is 32.2. The van der Waals surface area contributed by atoms with E-state index in [4.69, 9.17) is 5.84 Å². The van der Waals surface area contributed by atoms with E-state index in [1.807, 2.05) is 36.6 Å². The Hall–Kier alpha value is -2.39. The second-order valence-corrected chi connectivity index (χ2v) is 7.40. The van der Waals surface area contributed by atoms with Crippen molar-refractivity contribution in [1.29, 1.82) is 0 Å². The van der Waals surface area contributed by atoms with Crippen molar-refractivity contribution < 1.29 is 4.79 Å². The zero-order valence-electron chi connectivity index (χ0n) is 13.9. The van der Waals surface area contributed by atoms with Crippen molar-refractivity contribution in [3.05, 3.63) is 51.7 Å². The van der Waals surface area contributed by atoms with Gasteiger partial charge in [-0.2, -0.15) is 0 Å². The van der Waals surface area contributed by atoms with Gasteiger partial charge in [0.25, 0.3) is 0 Å². The van der Waals surface area contributed by atoms with Gasteiger partial charge in [-0.3, -0.25) is 4.79 Å². The van der Waals surface area contributed by atoms with Crippen LogP contribution >= 0.6 is 23.1 Å². The van der Waals surface area contributed by atoms with Gasteiger partial charge in [-0.15, -0.1) is 21.5 Å². The molecule has 9 heteroatoms. The number of amides is 1. The Labute approximate surface area is 153 Å². The zero-order chi connectivity index (χ0) is 17.8. The molecule has 1 amide bonds. The van der Waals surface area contributed by atoms with E-state index in [2.05, 4.69) is 20.5 Å². The Morgan fingerprint density at radius 3 is 2.72 bits per heavy atom. The third-order valence-corrected chi connectivity index (χ3v) is 5.30. The Balaban J connectivity index is 1.53. The van der Waals surface area contributed by atoms with Crippen molar-refractivity contribution >= 4 is 34.7 Å². The molecule has 0 saturated carbocycles. The molecule has 2 aromatic heterocycles. The third-order valence-electron chi connectivity index (χ3n) is 3.43. The average molecular weight is 374 g/mol. The molecule has 0 fully saturated rings. The van der Waals surface area contributed by atoms with Gasteiger partial charge < -0.3 is 11.2 Å². The molecule has 7 nitrogen and oxygen atoms in total. The topological polar surface area (TPSA) is 98.7 Å². The van der Waals surface area contributed by atoms with E-state index in [-0.39, 0.29) is 12.3 Å². The molecule has 0 radical (unpaired) electrons. The molecule has 0 saturated heterocycles. The summed E-state index contributed by atoms with van der Waals surface area (Å²) < 4.78 is 1.45. The maximum absolute atomic E-state index is 12.1. The second kappa shape index (κ2) is 7.66. The summed E-state index contributed by atoms with van der Waals surface area (Å²) in [4.78, 5) is 16.6. The first-order valence-corrected chi connectivity index (χ1v) is 9.47. The van der Waals surface area contributed by atoms with Gasteiger partial charge in [0.2, 0.25) is 11.1 Å². The van der Waals surface area contributed by atoms with Crippen molar-refractivity contribution in [3.8, 4) is 0 Å². The van der Waals surface area contributed by atoms with E-state index in [0.717, 1.165) is 22.0 Å². The summed E-state index contributed by atoms with van der Waals surface area (Å²) >= 11 is 2.94. The van der Waals surface area contributed by atoms with Crippen molar-refractivity contribution in [2.24, 2.45) is 0 Å². The lowest BCUT2D eigenvalue weighted by molar-refractivity contribution is -0.115. The van der Waals surface area contributed by atoms with Crippen LogP contribution < -0.4 is 11.2 Å². The fourth-order valence-electron chi connectivity index (χ4n) is 2.06. The zero-order valence-corrected chi connectivity index (χ0v) is 15.5. The number of aromatic nitrogens is 4. The first-order valence-electron chi connectivity index (χ1n) is 7.61. The SMILES string of the molecule is Cc1ccc(NC(=O)Cc2nc(CSc3nnc(C)n3N)cs2)cc1. The summed E-state index contributed by atoms with van der Waals surface area (Å²) in [6.07, 6.45) is 0.259. The minimum absolute atomic E-state index is 0.0743. The average Bonchev–Trinajstić information content (AvgIpc) is 3.15. The molecule has 3 N–H and O–H groups in total. The van der Waals surface area contributed by atoms with E-state index in [0.29, 0.717) is 16.7 Å². The number of nitrogen functional groups attached to an aromatic ring is 1. The van der Waals surface area contributed by atoms with Crippen LogP contribution in [0.25, 0.3) is 0 Å². The molecular weight excluding hydrogens is 356 g/mol. The lowest BCUT2D eigenvalue weighted by Gasteiger charge is -2.04. The maximum Gasteiger partial charge on any atom is 0.231 e. The number of aryl methyl sites for hydroxylation is 2. The largest absolute Gasteiger partial charge is 0.336 e. The van der Waals surface area contributed by atoms with E-state index in [1.165, 1.54) is 27.8 Å². The molecule has 0 aliphatic heterocycles. The molecule has 0 atom stereocenters. The molecule has 0 aliphatic carbocycles. The van der Waals surface area contributed by atoms with Crippen LogP contribution in [0.15, 0.2) is 34.8 Å². The Kier molecular flexibility index (Phi) is 5.34. The van der Waals surface area contributed by atoms with Crippen LogP contribution in [0.3, 0.4) is 0 Å². The molecule has 2 heterocycles. The summed E-state index contributed by atoms with van der Waals surface area (Å²) in [6.45, 7) is 3.81. The fourth-order valence-corrected chi connectivity index (χ4v) is 3.76. The Morgan fingerprint density at radius 2 is 2.04 bits per heavy atom. The van der Waals surface area contributed by atoms with Crippen molar-refractivity contribution in [2.45, 2.75) is 31.2 Å². The normalized spacial score (nSPS) is 10.8. The molecule has 0 unspecified atom stereocenters. The number of nitrogens with zero attached hydrogens (tertiary/aromatic N) is 4. The first kappa shape index (κ1) is 17.4. The van der Waals surface area contributed by atoms with E-state index >= 15 is 0 Å². The number of rotatable bonds is 6. The van der Waals surface area contributed by atoms with Crippen LogP contribution in [0, 0.1) is 13.8 Å². The minimum Gasteiger partial charge on any atom is -0.336 e. The summed E-state index contributed by atoms with van der Waals surface area (Å²) in [5.41, 5.74) is 2.85. The number of nitrogens with two attached hydrogens (primary N) is 1. The predicted octanol–water partition coefficient (Wildman–Crippen LogP) is 2.54. The van der Waals surface area contributed by atoms with Gasteiger partial charge in [-0.25, -0.2) is 9.66 Å². The molecule has 25 heavy (non-hydrogen) atoms. The van der Waals surface area contributed by atoms with Crippen LogP contribution in [-0.4, -0.2) is 25.8 Å². The van der Waals surface area contributed by atoms with Gasteiger partial charge in [0.15, 0.2) is 0 Å². The van der Waals surface area contributed by atoms with Gasteiger partial charge in [0, 0.05) is 16.8 Å². The molecule has 0 bridgehead atoms. The predicted molar refractivity (Wildman–Crippen MR) is 100 cm³/mol. The highest BCUT2D eigenvalue weighted by Gasteiger charge is 2.11. The molecule has 0 aliphatic rings. The number of carbonyl (C=O) groups excluding carboxylic acids is 1. The highest BCUT2D eigenvalue weighted by Crippen LogP contribution is 2.22. The summed E-state index contributed by atoms with van der Waals surface area (Å²) in [6, 6.07) is 7.71. The Morgan fingerprint density at radius 1 is 1.28 bits per heavy atom. The van der Waals surface area contributed by atoms with Crippen molar-refractivity contribution in [3.63, 3.8) is 0 Å². The fraction of sp³-hybridized carbons (Fsp3) is 0.250. The van der Waals surface area contributed by atoms with Crippen LogP contribution in [0.2, 0.25) is 0 Å². The first-order chi connectivity index (χ1) is 12.0. The standard InChI is InChI=1S/C16H18N6OS2/c1-10-3-5-12(6-4-10)18-14(23)7-15-19-13(8-24-15)9-25-16-21-20-11(2)22(16)17/h3-6,8H,7,9,17H2,1-2H3,(H,18,23). The molecule has 3 aromatic rings. The number of anilines is 1. The number of hydrogen-bond acceptors (Lipinski definition) is 7. The Bertz CT molecular complexity index is 871. The minimum atomic E-state index is -0.0743. The van der Waals surface area contributed by atoms with Crippen LogP contribution in [0.5, 0.6) is 0 Å². The highest BCUT2D eigenvalue weighted by molar-refractivity contribution is 7.98. The number of thiazole rings is 1. The summed E-state index contributed by atoms with van der Waals surface area (Å²) in [5, 5.41) is 14.2. The van der Waals surface area contributed by atoms with E-state index in [1.54, 1.807) is 6.92 Å². The third kappa shape index (κ3) is 4.58. The maximum atomic E-state index is 12.1. The molecule has 1 aromatic carbocycles. The molecule has 3 rings (SSSR count). The second-order valence-electron chi connectivity index (χ2n) is 5.51. The van der Waals surface area contributed by atoms with E-state index < -0.39 is 0 Å². The number of hydrogen-bond donors (Lipinski definition) is 2. The lowest BCUT2D eigenvalue weighted by atomic mass is 10.2. The van der Waals surface area contributed by atoms with Crippen LogP contribution in [-0.2, 0) is 17.0 Å². The summed E-state index contributed by atoms with van der Waals surface area (Å²) in [5.74, 6) is 7.04. The number of thioether (sulfide) groups is 1. The quantitative estimate of drug-likeness (QED) is 0.508. The summed E-state index contributed by atoms with van der Waals surface area (Å²) in [7, 11) is 0. The molecular formula is C16H18N6OS2. The lowest BCUT2D eigenvalue weighted by Crippen LogP contribution is -2.14. The van der Waals surface area contributed by atoms with Crippen molar-refractivity contribution in [1.82, 2.24) is 19.9 Å². The number of nitrogens with one attached hydrogen (secondary N) is 1. The number of benzene rings is 1. The number of carbonyl (C=O) groups is 1. The monoisotopic (exact) mass is 374 g/mol. The molecule has 0 spiro atoms. The smallest absolute Gasteiger partial charge is 0.231 e. The van der Waals surface area contributed by atoms with Gasteiger partial charge in [-0.05, 0) is 26.0 Å².